The summed E-state index contributed by atoms with van der Waals surface area (Å²) in [5, 5.41) is 8.63. The highest BCUT2D eigenvalue weighted by Crippen LogP contribution is 2.40. The zero-order valence-corrected chi connectivity index (χ0v) is 14.3. The van der Waals surface area contributed by atoms with Crippen LogP contribution in [0.25, 0.3) is 11.3 Å². The fourth-order valence-electron chi connectivity index (χ4n) is 3.85. The van der Waals surface area contributed by atoms with E-state index in [4.69, 9.17) is 0 Å². The third kappa shape index (κ3) is 2.40. The molecule has 4 rings (SSSR count). The molecule has 2 aromatic rings. The molecule has 1 atom stereocenters. The maximum Gasteiger partial charge on any atom is 0.319 e. The highest BCUT2D eigenvalue weighted by Gasteiger charge is 2.48. The third-order valence-electron chi connectivity index (χ3n) is 5.20. The van der Waals surface area contributed by atoms with Crippen molar-refractivity contribution >= 4 is 6.03 Å². The molecule has 130 valence electrons. The topological polar surface area (TPSA) is 84.2 Å². The zero-order valence-electron chi connectivity index (χ0n) is 14.3. The Labute approximate surface area is 145 Å². The zero-order chi connectivity index (χ0) is 17.6. The highest BCUT2D eigenvalue weighted by atomic mass is 16.2. The molecule has 1 fully saturated rings. The smallest absolute Gasteiger partial charge is 0.319 e. The van der Waals surface area contributed by atoms with E-state index in [1.807, 2.05) is 4.90 Å². The van der Waals surface area contributed by atoms with E-state index >= 15 is 0 Å². The van der Waals surface area contributed by atoms with Gasteiger partial charge in [-0.05, 0) is 25.0 Å². The van der Waals surface area contributed by atoms with Crippen LogP contribution < -0.4 is 5.56 Å². The molecule has 2 aromatic heterocycles. The van der Waals surface area contributed by atoms with Crippen LogP contribution in [-0.2, 0) is 12.0 Å². The second-order valence-corrected chi connectivity index (χ2v) is 6.94. The Kier molecular flexibility index (Phi) is 3.55. The first-order chi connectivity index (χ1) is 12.0. The van der Waals surface area contributed by atoms with E-state index in [9.17, 15) is 9.59 Å². The lowest BCUT2D eigenvalue weighted by atomic mass is 9.85. The summed E-state index contributed by atoms with van der Waals surface area (Å²) >= 11 is 0. The molecule has 0 aromatic carbocycles. The minimum Gasteiger partial charge on any atom is -0.331 e. The van der Waals surface area contributed by atoms with Crippen LogP contribution in [0.15, 0.2) is 29.3 Å². The monoisotopic (exact) mass is 340 g/mol. The van der Waals surface area contributed by atoms with E-state index in [0.717, 1.165) is 18.4 Å². The summed E-state index contributed by atoms with van der Waals surface area (Å²) in [6, 6.07) is 3.52. The Bertz CT molecular complexity index is 878. The summed E-state index contributed by atoms with van der Waals surface area (Å²) in [4.78, 5) is 32.5. The van der Waals surface area contributed by atoms with Crippen LogP contribution in [0.5, 0.6) is 0 Å². The summed E-state index contributed by atoms with van der Waals surface area (Å²) in [7, 11) is 3.50. The van der Waals surface area contributed by atoms with Gasteiger partial charge in [0.1, 0.15) is 5.82 Å². The number of aromatic nitrogens is 4. The number of fused-ring (bicyclic) bond motifs is 2. The molecular formula is C17H20N6O2. The summed E-state index contributed by atoms with van der Waals surface area (Å²) < 4.78 is 1.73. The van der Waals surface area contributed by atoms with Crippen LogP contribution in [-0.4, -0.2) is 62.8 Å². The number of amides is 2. The van der Waals surface area contributed by atoms with Gasteiger partial charge >= 0.3 is 6.03 Å². The number of pyridine rings is 1. The minimum absolute atomic E-state index is 0.000892. The SMILES string of the molecule is CN(C)C(=O)N1CC[C@]2(CCn3c2nnc(-c2ccncc2)c3=O)C1. The first-order valence-electron chi connectivity index (χ1n) is 8.36. The molecule has 2 aliphatic heterocycles. The van der Waals surface area contributed by atoms with Crippen molar-refractivity contribution < 1.29 is 4.79 Å². The molecule has 0 radical (unpaired) electrons. The molecule has 0 bridgehead atoms. The maximum atomic E-state index is 12.9. The Morgan fingerprint density at radius 2 is 1.88 bits per heavy atom. The van der Waals surface area contributed by atoms with Gasteiger partial charge in [0.2, 0.25) is 0 Å². The van der Waals surface area contributed by atoms with Crippen LogP contribution >= 0.6 is 0 Å². The summed E-state index contributed by atoms with van der Waals surface area (Å²) in [5.41, 5.74) is 0.696. The number of urea groups is 1. The maximum absolute atomic E-state index is 12.9. The van der Waals surface area contributed by atoms with Gasteiger partial charge in [0, 0.05) is 51.7 Å². The van der Waals surface area contributed by atoms with Gasteiger partial charge in [-0.1, -0.05) is 0 Å². The molecular weight excluding hydrogens is 320 g/mol. The molecule has 2 aliphatic rings. The lowest BCUT2D eigenvalue weighted by Crippen LogP contribution is -2.40. The van der Waals surface area contributed by atoms with Gasteiger partial charge < -0.3 is 9.80 Å². The van der Waals surface area contributed by atoms with Gasteiger partial charge in [-0.3, -0.25) is 14.3 Å². The van der Waals surface area contributed by atoms with Gasteiger partial charge in [0.25, 0.3) is 5.56 Å². The number of likely N-dealkylation sites (tertiary alicyclic amines) is 1. The Hall–Kier alpha value is -2.77. The van der Waals surface area contributed by atoms with Crippen molar-refractivity contribution in [2.75, 3.05) is 27.2 Å². The van der Waals surface area contributed by atoms with Crippen molar-refractivity contribution in [1.82, 2.24) is 29.5 Å². The number of nitrogens with zero attached hydrogens (tertiary/aromatic N) is 6. The van der Waals surface area contributed by atoms with Crippen molar-refractivity contribution in [2.24, 2.45) is 0 Å². The predicted octanol–water partition coefficient (Wildman–Crippen LogP) is 0.729. The van der Waals surface area contributed by atoms with E-state index in [-0.39, 0.29) is 17.0 Å². The average Bonchev–Trinajstić information content (AvgIpc) is 3.21. The molecule has 0 saturated carbocycles. The predicted molar refractivity (Wildman–Crippen MR) is 91.1 cm³/mol. The number of hydrogen-bond acceptors (Lipinski definition) is 5. The van der Waals surface area contributed by atoms with E-state index in [1.165, 1.54) is 0 Å². The normalized spacial score (nSPS) is 21.6. The van der Waals surface area contributed by atoms with Gasteiger partial charge in [-0.25, -0.2) is 4.79 Å². The molecule has 4 heterocycles. The standard InChI is InChI=1S/C17H20N6O2/c1-21(2)16(25)22-9-5-17(11-22)6-10-23-14(24)13(19-20-15(17)23)12-3-7-18-8-4-12/h3-4,7-8H,5-6,9-11H2,1-2H3/t17-/m0/s1. The lowest BCUT2D eigenvalue weighted by molar-refractivity contribution is 0.178. The largest absolute Gasteiger partial charge is 0.331 e. The third-order valence-corrected chi connectivity index (χ3v) is 5.20. The molecule has 25 heavy (non-hydrogen) atoms. The van der Waals surface area contributed by atoms with Crippen LogP contribution in [0.1, 0.15) is 18.7 Å². The Morgan fingerprint density at radius 3 is 2.60 bits per heavy atom. The second-order valence-electron chi connectivity index (χ2n) is 6.94. The first-order valence-corrected chi connectivity index (χ1v) is 8.36. The molecule has 0 N–H and O–H groups in total. The van der Waals surface area contributed by atoms with Crippen molar-refractivity contribution in [3.05, 3.63) is 40.7 Å². The number of rotatable bonds is 1. The molecule has 1 spiro atoms. The van der Waals surface area contributed by atoms with Crippen molar-refractivity contribution in [1.29, 1.82) is 0 Å². The summed E-state index contributed by atoms with van der Waals surface area (Å²) in [6.45, 7) is 1.89. The summed E-state index contributed by atoms with van der Waals surface area (Å²) in [6.07, 6.45) is 4.90. The molecule has 1 saturated heterocycles. The van der Waals surface area contributed by atoms with Gasteiger partial charge in [0.05, 0.1) is 5.41 Å². The molecule has 2 amide bonds. The van der Waals surface area contributed by atoms with Crippen molar-refractivity contribution in [2.45, 2.75) is 24.8 Å². The molecule has 0 unspecified atom stereocenters. The van der Waals surface area contributed by atoms with E-state index in [2.05, 4.69) is 15.2 Å². The van der Waals surface area contributed by atoms with Crippen molar-refractivity contribution in [3.8, 4) is 11.3 Å². The number of hydrogen-bond donors (Lipinski definition) is 0. The van der Waals surface area contributed by atoms with Gasteiger partial charge in [-0.2, -0.15) is 0 Å². The van der Waals surface area contributed by atoms with E-state index in [0.29, 0.717) is 31.2 Å². The van der Waals surface area contributed by atoms with E-state index < -0.39 is 0 Å². The number of carbonyl (C=O) groups is 1. The fraction of sp³-hybridized carbons (Fsp3) is 0.471. The van der Waals surface area contributed by atoms with Gasteiger partial charge in [0.15, 0.2) is 5.69 Å². The highest BCUT2D eigenvalue weighted by molar-refractivity contribution is 5.74. The second kappa shape index (κ2) is 5.65. The fourth-order valence-corrected chi connectivity index (χ4v) is 3.85. The number of carbonyl (C=O) groups excluding carboxylic acids is 1. The lowest BCUT2D eigenvalue weighted by Gasteiger charge is -2.25. The Balaban J connectivity index is 1.70. The Morgan fingerprint density at radius 1 is 1.16 bits per heavy atom. The van der Waals surface area contributed by atoms with Crippen LogP contribution in [0, 0.1) is 0 Å². The molecule has 0 aliphatic carbocycles. The van der Waals surface area contributed by atoms with Crippen LogP contribution in [0.3, 0.4) is 0 Å². The van der Waals surface area contributed by atoms with Crippen LogP contribution in [0.4, 0.5) is 4.79 Å². The average molecular weight is 340 g/mol. The van der Waals surface area contributed by atoms with Crippen LogP contribution in [0.2, 0.25) is 0 Å². The van der Waals surface area contributed by atoms with E-state index in [1.54, 1.807) is 48.1 Å². The first kappa shape index (κ1) is 15.7. The summed E-state index contributed by atoms with van der Waals surface area (Å²) in [5.74, 6) is 0.712. The minimum atomic E-state index is -0.255. The van der Waals surface area contributed by atoms with Crippen molar-refractivity contribution in [3.63, 3.8) is 0 Å². The molecule has 8 heteroatoms. The van der Waals surface area contributed by atoms with Gasteiger partial charge in [-0.15, -0.1) is 10.2 Å². The molecule has 8 nitrogen and oxygen atoms in total. The quantitative estimate of drug-likeness (QED) is 0.764.